The van der Waals surface area contributed by atoms with Gasteiger partial charge in [0.25, 0.3) is 0 Å². The molecule has 1 saturated carbocycles. The molecule has 0 bridgehead atoms. The zero-order chi connectivity index (χ0) is 14.6. The van der Waals surface area contributed by atoms with Crippen LogP contribution in [0.25, 0.3) is 0 Å². The zero-order valence-electron chi connectivity index (χ0n) is 11.9. The van der Waals surface area contributed by atoms with E-state index in [0.717, 1.165) is 24.8 Å². The zero-order valence-corrected chi connectivity index (χ0v) is 11.9. The first-order valence-electron chi connectivity index (χ1n) is 7.19. The fourth-order valence-corrected chi connectivity index (χ4v) is 2.80. The molecule has 0 saturated heterocycles. The summed E-state index contributed by atoms with van der Waals surface area (Å²) in [7, 11) is 1.69. The van der Waals surface area contributed by atoms with Crippen molar-refractivity contribution in [2.75, 3.05) is 7.05 Å². The molecule has 1 fully saturated rings. The lowest BCUT2D eigenvalue weighted by Gasteiger charge is -2.32. The van der Waals surface area contributed by atoms with Gasteiger partial charge in [-0.2, -0.15) is 0 Å². The molecule has 1 aromatic rings. The maximum atomic E-state index is 13.1. The molecular weight excluding hydrogens is 257 g/mol. The van der Waals surface area contributed by atoms with Crippen molar-refractivity contribution in [1.82, 2.24) is 4.90 Å². The molecule has 1 aliphatic carbocycles. The second-order valence-electron chi connectivity index (χ2n) is 5.84. The Balaban J connectivity index is 1.91. The van der Waals surface area contributed by atoms with Gasteiger partial charge in [0, 0.05) is 13.6 Å². The third-order valence-electron chi connectivity index (χ3n) is 4.00. The second kappa shape index (κ2) is 6.35. The summed E-state index contributed by atoms with van der Waals surface area (Å²) in [6, 6.07) is 6.25. The Morgan fingerprint density at radius 2 is 2.05 bits per heavy atom. The van der Waals surface area contributed by atoms with Crippen molar-refractivity contribution in [3.8, 4) is 0 Å². The average molecular weight is 279 g/mol. The molecule has 0 unspecified atom stereocenters. The smallest absolute Gasteiger partial charge is 0.225 e. The predicted octanol–water partition coefficient (Wildman–Crippen LogP) is 2.87. The second-order valence-corrected chi connectivity index (χ2v) is 5.84. The van der Waals surface area contributed by atoms with E-state index in [1.54, 1.807) is 24.1 Å². The van der Waals surface area contributed by atoms with Crippen LogP contribution in [0.3, 0.4) is 0 Å². The van der Waals surface area contributed by atoms with Gasteiger partial charge in [-0.25, -0.2) is 4.39 Å². The summed E-state index contributed by atoms with van der Waals surface area (Å²) < 4.78 is 13.1. The summed E-state index contributed by atoms with van der Waals surface area (Å²) in [5, 5.41) is 10.4. The van der Waals surface area contributed by atoms with Crippen molar-refractivity contribution >= 4 is 5.91 Å². The van der Waals surface area contributed by atoms with Crippen molar-refractivity contribution in [3.63, 3.8) is 0 Å². The summed E-state index contributed by atoms with van der Waals surface area (Å²) >= 11 is 0. The number of carbonyl (C=O) groups excluding carboxylic acids is 1. The molecule has 0 radical (unpaired) electrons. The average Bonchev–Trinajstić information content (AvgIpc) is 2.39. The van der Waals surface area contributed by atoms with E-state index >= 15 is 0 Å². The molecule has 0 spiro atoms. The standard InChI is InChI=1S/C16H22FNO2/c1-18(12-13-6-5-7-14(17)10-13)15(19)11-16(20)8-3-2-4-9-16/h5-7,10,20H,2-4,8-9,11-12H2,1H3. The molecule has 0 aliphatic heterocycles. The highest BCUT2D eigenvalue weighted by molar-refractivity contribution is 5.77. The number of carbonyl (C=O) groups is 1. The van der Waals surface area contributed by atoms with Crippen LogP contribution in [0.5, 0.6) is 0 Å². The minimum Gasteiger partial charge on any atom is -0.389 e. The Hall–Kier alpha value is -1.42. The molecular formula is C16H22FNO2. The van der Waals surface area contributed by atoms with Crippen LogP contribution in [0.2, 0.25) is 0 Å². The maximum absolute atomic E-state index is 13.1. The Kier molecular flexibility index (Phi) is 4.76. The fourth-order valence-electron chi connectivity index (χ4n) is 2.80. The highest BCUT2D eigenvalue weighted by Crippen LogP contribution is 2.31. The fraction of sp³-hybridized carbons (Fsp3) is 0.562. The Bertz CT molecular complexity index is 469. The van der Waals surface area contributed by atoms with Gasteiger partial charge in [0.1, 0.15) is 5.82 Å². The van der Waals surface area contributed by atoms with E-state index in [-0.39, 0.29) is 18.1 Å². The van der Waals surface area contributed by atoms with E-state index in [4.69, 9.17) is 0 Å². The first-order chi connectivity index (χ1) is 9.48. The summed E-state index contributed by atoms with van der Waals surface area (Å²) in [5.74, 6) is -0.382. The molecule has 110 valence electrons. The monoisotopic (exact) mass is 279 g/mol. The number of nitrogens with zero attached hydrogens (tertiary/aromatic N) is 1. The summed E-state index contributed by atoms with van der Waals surface area (Å²) in [6.45, 7) is 0.368. The minimum atomic E-state index is -0.842. The van der Waals surface area contributed by atoms with Gasteiger partial charge >= 0.3 is 0 Å². The van der Waals surface area contributed by atoms with Crippen LogP contribution >= 0.6 is 0 Å². The van der Waals surface area contributed by atoms with E-state index in [1.807, 2.05) is 0 Å². The molecule has 0 atom stereocenters. The van der Waals surface area contributed by atoms with E-state index < -0.39 is 5.60 Å². The normalized spacial score (nSPS) is 17.8. The quantitative estimate of drug-likeness (QED) is 0.920. The lowest BCUT2D eigenvalue weighted by atomic mass is 9.82. The molecule has 1 amide bonds. The lowest BCUT2D eigenvalue weighted by molar-refractivity contribution is -0.137. The summed E-state index contributed by atoms with van der Waals surface area (Å²) in [6.07, 6.45) is 4.67. The number of halogens is 1. The van der Waals surface area contributed by atoms with Gasteiger partial charge in [0.2, 0.25) is 5.91 Å². The molecule has 4 heteroatoms. The van der Waals surface area contributed by atoms with Crippen LogP contribution in [0.15, 0.2) is 24.3 Å². The first kappa shape index (κ1) is 15.0. The van der Waals surface area contributed by atoms with Crippen LogP contribution < -0.4 is 0 Å². The van der Waals surface area contributed by atoms with E-state index in [9.17, 15) is 14.3 Å². The Morgan fingerprint density at radius 1 is 1.35 bits per heavy atom. The van der Waals surface area contributed by atoms with Crippen molar-refractivity contribution in [3.05, 3.63) is 35.6 Å². The molecule has 1 aromatic carbocycles. The predicted molar refractivity (Wildman–Crippen MR) is 75.5 cm³/mol. The van der Waals surface area contributed by atoms with Gasteiger partial charge in [-0.3, -0.25) is 4.79 Å². The molecule has 3 nitrogen and oxygen atoms in total. The van der Waals surface area contributed by atoms with Crippen LogP contribution in [0.4, 0.5) is 4.39 Å². The van der Waals surface area contributed by atoms with Crippen molar-refractivity contribution < 1.29 is 14.3 Å². The van der Waals surface area contributed by atoms with Gasteiger partial charge in [0.05, 0.1) is 12.0 Å². The highest BCUT2D eigenvalue weighted by Gasteiger charge is 2.32. The maximum Gasteiger partial charge on any atom is 0.225 e. The minimum absolute atomic E-state index is 0.0846. The molecule has 20 heavy (non-hydrogen) atoms. The van der Waals surface area contributed by atoms with Crippen molar-refractivity contribution in [2.45, 2.75) is 50.7 Å². The molecule has 1 N–H and O–H groups in total. The van der Waals surface area contributed by atoms with Crippen molar-refractivity contribution in [1.29, 1.82) is 0 Å². The van der Waals surface area contributed by atoms with Gasteiger partial charge in [-0.05, 0) is 30.5 Å². The number of hydrogen-bond donors (Lipinski definition) is 1. The van der Waals surface area contributed by atoms with Crippen LogP contribution in [0.1, 0.15) is 44.1 Å². The third-order valence-corrected chi connectivity index (χ3v) is 4.00. The summed E-state index contributed by atoms with van der Waals surface area (Å²) in [4.78, 5) is 13.7. The van der Waals surface area contributed by atoms with Crippen LogP contribution in [0, 0.1) is 5.82 Å². The molecule has 1 aliphatic rings. The molecule has 0 heterocycles. The van der Waals surface area contributed by atoms with Crippen molar-refractivity contribution in [2.24, 2.45) is 0 Å². The summed E-state index contributed by atoms with van der Waals surface area (Å²) in [5.41, 5.74) is -0.0811. The largest absolute Gasteiger partial charge is 0.389 e. The van der Waals surface area contributed by atoms with E-state index in [1.165, 1.54) is 12.1 Å². The number of rotatable bonds is 4. The van der Waals surface area contributed by atoms with E-state index in [0.29, 0.717) is 19.4 Å². The van der Waals surface area contributed by atoms with Gasteiger partial charge in [0.15, 0.2) is 0 Å². The first-order valence-corrected chi connectivity index (χ1v) is 7.19. The number of aliphatic hydroxyl groups is 1. The highest BCUT2D eigenvalue weighted by atomic mass is 19.1. The van der Waals surface area contributed by atoms with Gasteiger partial charge in [-0.15, -0.1) is 0 Å². The number of benzene rings is 1. The SMILES string of the molecule is CN(Cc1cccc(F)c1)C(=O)CC1(O)CCCCC1. The topological polar surface area (TPSA) is 40.5 Å². The van der Waals surface area contributed by atoms with Crippen LogP contribution in [-0.4, -0.2) is 28.6 Å². The van der Waals surface area contributed by atoms with E-state index in [2.05, 4.69) is 0 Å². The van der Waals surface area contributed by atoms with Crippen LogP contribution in [-0.2, 0) is 11.3 Å². The molecule has 0 aromatic heterocycles. The van der Waals surface area contributed by atoms with Gasteiger partial charge < -0.3 is 10.0 Å². The van der Waals surface area contributed by atoms with Gasteiger partial charge in [-0.1, -0.05) is 31.4 Å². The number of amides is 1. The Morgan fingerprint density at radius 3 is 2.70 bits per heavy atom. The lowest BCUT2D eigenvalue weighted by Crippen LogP contribution is -2.39. The third kappa shape index (κ3) is 4.04. The number of hydrogen-bond acceptors (Lipinski definition) is 2. The Labute approximate surface area is 119 Å². The molecule has 2 rings (SSSR count).